The second kappa shape index (κ2) is 13.9. The predicted molar refractivity (Wildman–Crippen MR) is 179 cm³/mol. The first kappa shape index (κ1) is 33.0. The highest BCUT2D eigenvalue weighted by molar-refractivity contribution is 6.76. The lowest BCUT2D eigenvalue weighted by Gasteiger charge is -2.37. The van der Waals surface area contributed by atoms with E-state index in [4.69, 9.17) is 18.9 Å². The average molecular weight is 641 g/mol. The van der Waals surface area contributed by atoms with Gasteiger partial charge < -0.3 is 24.1 Å². The molecule has 1 saturated heterocycles. The first-order valence-electron chi connectivity index (χ1n) is 15.2. The summed E-state index contributed by atoms with van der Waals surface area (Å²) in [5, 5.41) is 11.2. The zero-order valence-corrected chi connectivity index (χ0v) is 27.8. The van der Waals surface area contributed by atoms with Crippen molar-refractivity contribution in [3.8, 4) is 23.3 Å². The van der Waals surface area contributed by atoms with E-state index in [1.807, 2.05) is 78.9 Å². The summed E-state index contributed by atoms with van der Waals surface area (Å²) in [6.07, 6.45) is -0.985. The highest BCUT2D eigenvalue weighted by atomic mass is 28.3. The maximum Gasteiger partial charge on any atom is 0.330 e. The fourth-order valence-corrected chi connectivity index (χ4v) is 6.13. The van der Waals surface area contributed by atoms with E-state index in [1.54, 1.807) is 14.2 Å². The smallest absolute Gasteiger partial charge is 0.330 e. The van der Waals surface area contributed by atoms with Gasteiger partial charge in [-0.2, -0.15) is 0 Å². The molecule has 2 N–H and O–H groups in total. The normalized spacial score (nSPS) is 18.1. The molecule has 2 heterocycles. The van der Waals surface area contributed by atoms with Crippen LogP contribution < -0.4 is 20.7 Å². The van der Waals surface area contributed by atoms with Crippen LogP contribution in [0.2, 0.25) is 25.7 Å². The number of nitrogens with one attached hydrogen (secondary N) is 1. The summed E-state index contributed by atoms with van der Waals surface area (Å²) < 4.78 is 25.3. The van der Waals surface area contributed by atoms with Crippen molar-refractivity contribution in [3.63, 3.8) is 0 Å². The van der Waals surface area contributed by atoms with Crippen molar-refractivity contribution < 1.29 is 24.1 Å². The highest BCUT2D eigenvalue weighted by Gasteiger charge is 2.42. The molecule has 0 bridgehead atoms. The van der Waals surface area contributed by atoms with Gasteiger partial charge in [0, 0.05) is 18.7 Å². The number of rotatable bonds is 10. The Bertz CT molecular complexity index is 1750. The van der Waals surface area contributed by atoms with E-state index in [0.717, 1.165) is 22.7 Å². The molecule has 5 rings (SSSR count). The van der Waals surface area contributed by atoms with Crippen LogP contribution in [-0.4, -0.2) is 55.8 Å². The summed E-state index contributed by atoms with van der Waals surface area (Å²) in [6.45, 7) is 6.57. The van der Waals surface area contributed by atoms with Crippen LogP contribution in [0.25, 0.3) is 0 Å². The Labute approximate surface area is 269 Å². The number of hydrogen-bond acceptors (Lipinski definition) is 7. The third kappa shape index (κ3) is 7.19. The molecular formula is C36H40N2O7Si. The van der Waals surface area contributed by atoms with Crippen LogP contribution in [0.3, 0.4) is 0 Å². The van der Waals surface area contributed by atoms with Crippen molar-refractivity contribution >= 4 is 8.07 Å². The molecule has 1 aromatic heterocycles. The van der Waals surface area contributed by atoms with Gasteiger partial charge in [-0.05, 0) is 41.0 Å². The first-order valence-corrected chi connectivity index (χ1v) is 18.9. The van der Waals surface area contributed by atoms with Crippen molar-refractivity contribution in [2.45, 2.75) is 56.1 Å². The Kier molecular flexibility index (Phi) is 9.99. The van der Waals surface area contributed by atoms with Gasteiger partial charge in [0.1, 0.15) is 35.0 Å². The molecule has 9 nitrogen and oxygen atoms in total. The summed E-state index contributed by atoms with van der Waals surface area (Å²) >= 11 is 0. The Morgan fingerprint density at radius 3 is 2.02 bits per heavy atom. The lowest BCUT2D eigenvalue weighted by atomic mass is 9.80. The van der Waals surface area contributed by atoms with E-state index in [2.05, 4.69) is 36.5 Å². The van der Waals surface area contributed by atoms with Gasteiger partial charge in [-0.3, -0.25) is 14.3 Å². The number of benzene rings is 3. The van der Waals surface area contributed by atoms with Gasteiger partial charge in [0.05, 0.1) is 35.0 Å². The number of aromatic nitrogens is 2. The van der Waals surface area contributed by atoms with E-state index in [0.29, 0.717) is 11.5 Å². The van der Waals surface area contributed by atoms with Crippen LogP contribution in [0.5, 0.6) is 11.5 Å². The van der Waals surface area contributed by atoms with Crippen LogP contribution in [0.15, 0.2) is 94.6 Å². The van der Waals surface area contributed by atoms with Crippen molar-refractivity contribution in [1.29, 1.82) is 0 Å². The molecule has 3 atom stereocenters. The van der Waals surface area contributed by atoms with Gasteiger partial charge in [0.25, 0.3) is 5.56 Å². The molecule has 1 fully saturated rings. The number of aliphatic hydroxyl groups is 1. The average Bonchev–Trinajstić information content (AvgIpc) is 3.42. The lowest BCUT2D eigenvalue weighted by Crippen LogP contribution is -2.38. The van der Waals surface area contributed by atoms with Crippen LogP contribution in [0.4, 0.5) is 0 Å². The summed E-state index contributed by atoms with van der Waals surface area (Å²) in [6, 6.07) is 25.9. The monoisotopic (exact) mass is 640 g/mol. The van der Waals surface area contributed by atoms with Gasteiger partial charge >= 0.3 is 5.69 Å². The fraction of sp³-hybridized carbons (Fsp3) is 0.333. The molecule has 0 radical (unpaired) electrons. The lowest BCUT2D eigenvalue weighted by molar-refractivity contribution is -0.0944. The molecule has 240 valence electrons. The number of aliphatic hydroxyl groups excluding tert-OH is 1. The Morgan fingerprint density at radius 1 is 0.913 bits per heavy atom. The molecular weight excluding hydrogens is 600 g/mol. The Balaban J connectivity index is 1.49. The number of ether oxygens (including phenoxy) is 4. The number of methoxy groups -OCH3 is 2. The molecule has 0 aliphatic carbocycles. The van der Waals surface area contributed by atoms with E-state index in [-0.39, 0.29) is 18.6 Å². The molecule has 0 amide bonds. The minimum atomic E-state index is -1.44. The highest BCUT2D eigenvalue weighted by Crippen LogP contribution is 2.42. The summed E-state index contributed by atoms with van der Waals surface area (Å²) in [5.74, 6) is 7.41. The van der Waals surface area contributed by atoms with E-state index >= 15 is 0 Å². The summed E-state index contributed by atoms with van der Waals surface area (Å²) in [7, 11) is 1.79. The van der Waals surface area contributed by atoms with Crippen LogP contribution in [-0.2, 0) is 15.1 Å². The van der Waals surface area contributed by atoms with E-state index in [1.165, 1.54) is 10.8 Å². The van der Waals surface area contributed by atoms with E-state index in [9.17, 15) is 14.7 Å². The maximum atomic E-state index is 12.9. The SMILES string of the molecule is COc1ccc(C(OC[C@H]2O[C@@H](n3cc(C#CC[Si](C)(C)C)c(=O)[nH]c3=O)C[C@@H]2O)(c2ccccc2)c2ccc(OC)cc2)cc1. The summed E-state index contributed by atoms with van der Waals surface area (Å²) in [4.78, 5) is 27.7. The number of aromatic amines is 1. The topological polar surface area (TPSA) is 112 Å². The molecule has 0 spiro atoms. The molecule has 3 aromatic carbocycles. The molecule has 46 heavy (non-hydrogen) atoms. The van der Waals surface area contributed by atoms with Gasteiger partial charge in [-0.1, -0.05) is 80.2 Å². The molecule has 1 aliphatic heterocycles. The maximum absolute atomic E-state index is 12.9. The van der Waals surface area contributed by atoms with Gasteiger partial charge in [-0.15, -0.1) is 5.92 Å². The number of hydrogen-bond donors (Lipinski definition) is 2. The second-order valence-electron chi connectivity index (χ2n) is 12.5. The van der Waals surface area contributed by atoms with Crippen molar-refractivity contribution in [2.75, 3.05) is 20.8 Å². The fourth-order valence-electron chi connectivity index (χ4n) is 5.51. The third-order valence-electron chi connectivity index (χ3n) is 7.96. The van der Waals surface area contributed by atoms with Crippen LogP contribution in [0, 0.1) is 11.8 Å². The minimum absolute atomic E-state index is 0.00834. The predicted octanol–water partition coefficient (Wildman–Crippen LogP) is 4.90. The molecule has 0 saturated carbocycles. The number of H-pyrrole nitrogens is 1. The zero-order valence-electron chi connectivity index (χ0n) is 26.8. The molecule has 1 aliphatic rings. The Hall–Kier alpha value is -4.40. The molecule has 4 aromatic rings. The Morgan fingerprint density at radius 2 is 1.48 bits per heavy atom. The second-order valence-corrected chi connectivity index (χ2v) is 18.0. The first-order chi connectivity index (χ1) is 22.0. The standard InChI is InChI=1S/C36H40N2O7Si/c1-42-29-17-13-27(14-18-29)36(26-11-7-6-8-12-26,28-15-19-30(43-2)20-16-28)44-24-32-31(39)22-33(45-32)38-23-25(34(40)37-35(38)41)10-9-21-46(3,4)5/h6-8,11-20,23,31-33,39H,21-22,24H2,1-5H3,(H,37,40,41)/t31-,32+,33+/m0/s1. The van der Waals surface area contributed by atoms with Gasteiger partial charge in [0.2, 0.25) is 0 Å². The van der Waals surface area contributed by atoms with Crippen molar-refractivity contribution in [3.05, 3.63) is 128 Å². The van der Waals surface area contributed by atoms with Crippen LogP contribution >= 0.6 is 0 Å². The van der Waals surface area contributed by atoms with Crippen molar-refractivity contribution in [1.82, 2.24) is 9.55 Å². The molecule has 0 unspecified atom stereocenters. The molecule has 10 heteroatoms. The summed E-state index contributed by atoms with van der Waals surface area (Å²) in [5.41, 5.74) is 0.447. The van der Waals surface area contributed by atoms with Crippen LogP contribution in [0.1, 0.15) is 34.9 Å². The van der Waals surface area contributed by atoms with Gasteiger partial charge in [-0.25, -0.2) is 4.79 Å². The zero-order chi connectivity index (χ0) is 32.9. The van der Waals surface area contributed by atoms with E-state index < -0.39 is 43.4 Å². The van der Waals surface area contributed by atoms with Gasteiger partial charge in [0.15, 0.2) is 0 Å². The third-order valence-corrected chi connectivity index (χ3v) is 9.20. The van der Waals surface area contributed by atoms with Crippen molar-refractivity contribution in [2.24, 2.45) is 0 Å². The largest absolute Gasteiger partial charge is 0.497 e. The quantitative estimate of drug-likeness (QED) is 0.144. The minimum Gasteiger partial charge on any atom is -0.497 e. The number of nitrogens with zero attached hydrogens (tertiary/aromatic N) is 1.